The summed E-state index contributed by atoms with van der Waals surface area (Å²) >= 11 is 0. The van der Waals surface area contributed by atoms with Gasteiger partial charge in [-0.25, -0.2) is 9.18 Å². The lowest BCUT2D eigenvalue weighted by Gasteiger charge is -2.27. The fourth-order valence-electron chi connectivity index (χ4n) is 3.17. The molecule has 1 aromatic heterocycles. The topological polar surface area (TPSA) is 65.8 Å². The third-order valence-corrected chi connectivity index (χ3v) is 4.72. The lowest BCUT2D eigenvalue weighted by atomic mass is 10.2. The Hall–Kier alpha value is -3.61. The third kappa shape index (κ3) is 6.44. The summed E-state index contributed by atoms with van der Waals surface area (Å²) in [7, 11) is 0. The first-order valence-corrected chi connectivity index (χ1v) is 10.2. The van der Waals surface area contributed by atoms with E-state index in [1.807, 2.05) is 37.3 Å². The van der Waals surface area contributed by atoms with E-state index >= 15 is 0 Å². The first-order chi connectivity index (χ1) is 15.1. The van der Waals surface area contributed by atoms with Gasteiger partial charge in [-0.2, -0.15) is 0 Å². The van der Waals surface area contributed by atoms with E-state index < -0.39 is 11.8 Å². The van der Waals surface area contributed by atoms with Crippen LogP contribution in [-0.4, -0.2) is 34.8 Å². The summed E-state index contributed by atoms with van der Waals surface area (Å²) < 4.78 is 19.3. The predicted octanol–water partition coefficient (Wildman–Crippen LogP) is 4.89. The fourth-order valence-corrected chi connectivity index (χ4v) is 3.17. The number of halogens is 1. The Kier molecular flexibility index (Phi) is 7.81. The molecule has 7 heteroatoms. The van der Waals surface area contributed by atoms with E-state index in [1.165, 1.54) is 17.0 Å². The Morgan fingerprint density at radius 3 is 2.35 bits per heavy atom. The van der Waals surface area contributed by atoms with Crippen LogP contribution in [0.25, 0.3) is 0 Å². The van der Waals surface area contributed by atoms with Crippen LogP contribution in [0.5, 0.6) is 0 Å². The van der Waals surface area contributed by atoms with Crippen molar-refractivity contribution in [2.45, 2.75) is 26.4 Å². The van der Waals surface area contributed by atoms with Crippen molar-refractivity contribution in [2.24, 2.45) is 0 Å². The number of carbonyl (C=O) groups is 2. The van der Waals surface area contributed by atoms with E-state index in [-0.39, 0.29) is 24.7 Å². The van der Waals surface area contributed by atoms with E-state index in [4.69, 9.17) is 4.42 Å². The van der Waals surface area contributed by atoms with Crippen LogP contribution in [0.2, 0.25) is 0 Å². The maximum atomic E-state index is 13.9. The van der Waals surface area contributed by atoms with Crippen molar-refractivity contribution in [1.29, 1.82) is 0 Å². The highest BCUT2D eigenvalue weighted by molar-refractivity contribution is 5.92. The van der Waals surface area contributed by atoms with Crippen molar-refractivity contribution in [3.63, 3.8) is 0 Å². The number of amides is 3. The number of hydrogen-bond acceptors (Lipinski definition) is 3. The molecule has 0 saturated heterocycles. The van der Waals surface area contributed by atoms with E-state index in [9.17, 15) is 14.0 Å². The van der Waals surface area contributed by atoms with Crippen LogP contribution >= 0.6 is 0 Å². The highest BCUT2D eigenvalue weighted by atomic mass is 19.1. The molecule has 0 fully saturated rings. The van der Waals surface area contributed by atoms with Gasteiger partial charge in [-0.1, -0.05) is 49.4 Å². The standard InChI is InChI=1S/C24H26FN3O3/c1-2-14-27(24(30)26-22-13-7-6-12-21(22)25)18-23(29)28(17-20-11-8-15-31-20)16-19-9-4-3-5-10-19/h3-13,15H,2,14,16-18H2,1H3,(H,26,30). The molecule has 0 atom stereocenters. The lowest BCUT2D eigenvalue weighted by Crippen LogP contribution is -2.44. The minimum atomic E-state index is -0.526. The van der Waals surface area contributed by atoms with Gasteiger partial charge in [0, 0.05) is 13.1 Å². The molecule has 0 aliphatic rings. The van der Waals surface area contributed by atoms with E-state index in [0.29, 0.717) is 25.3 Å². The summed E-state index contributed by atoms with van der Waals surface area (Å²) in [6.45, 7) is 2.83. The number of nitrogens with zero attached hydrogens (tertiary/aromatic N) is 2. The zero-order chi connectivity index (χ0) is 22.1. The summed E-state index contributed by atoms with van der Waals surface area (Å²) in [6, 6.07) is 18.6. The smallest absolute Gasteiger partial charge is 0.322 e. The predicted molar refractivity (Wildman–Crippen MR) is 117 cm³/mol. The number of para-hydroxylation sites is 1. The molecule has 0 aliphatic carbocycles. The normalized spacial score (nSPS) is 10.5. The van der Waals surface area contributed by atoms with Crippen molar-refractivity contribution < 1.29 is 18.4 Å². The Morgan fingerprint density at radius 2 is 1.68 bits per heavy atom. The molecular formula is C24H26FN3O3. The highest BCUT2D eigenvalue weighted by Crippen LogP contribution is 2.15. The second-order valence-electron chi connectivity index (χ2n) is 7.15. The first kappa shape index (κ1) is 22.1. The maximum absolute atomic E-state index is 13.9. The highest BCUT2D eigenvalue weighted by Gasteiger charge is 2.22. The van der Waals surface area contributed by atoms with Gasteiger partial charge >= 0.3 is 6.03 Å². The van der Waals surface area contributed by atoms with E-state index in [0.717, 1.165) is 5.56 Å². The van der Waals surface area contributed by atoms with Crippen LogP contribution in [0.4, 0.5) is 14.9 Å². The molecule has 162 valence electrons. The zero-order valence-electron chi connectivity index (χ0n) is 17.5. The van der Waals surface area contributed by atoms with Gasteiger partial charge in [0.05, 0.1) is 18.5 Å². The molecule has 3 aromatic rings. The molecule has 0 saturated carbocycles. The molecule has 0 bridgehead atoms. The quantitative estimate of drug-likeness (QED) is 0.533. The minimum Gasteiger partial charge on any atom is -0.467 e. The molecule has 6 nitrogen and oxygen atoms in total. The van der Waals surface area contributed by atoms with Gasteiger partial charge in [0.1, 0.15) is 18.1 Å². The van der Waals surface area contributed by atoms with E-state index in [2.05, 4.69) is 5.32 Å². The Bertz CT molecular complexity index is 977. The fraction of sp³-hybridized carbons (Fsp3) is 0.250. The second kappa shape index (κ2) is 11.0. The number of nitrogens with one attached hydrogen (secondary N) is 1. The molecular weight excluding hydrogens is 397 g/mol. The SMILES string of the molecule is CCCN(CC(=O)N(Cc1ccccc1)Cc1ccco1)C(=O)Nc1ccccc1F. The number of anilines is 1. The molecule has 31 heavy (non-hydrogen) atoms. The molecule has 3 rings (SSSR count). The molecule has 1 N–H and O–H groups in total. The van der Waals surface area contributed by atoms with Gasteiger partial charge < -0.3 is 19.5 Å². The van der Waals surface area contributed by atoms with Crippen molar-refractivity contribution in [2.75, 3.05) is 18.4 Å². The maximum Gasteiger partial charge on any atom is 0.322 e. The van der Waals surface area contributed by atoms with E-state index in [1.54, 1.807) is 35.4 Å². The van der Waals surface area contributed by atoms with Crippen LogP contribution in [0.15, 0.2) is 77.4 Å². The average molecular weight is 423 g/mol. The minimum absolute atomic E-state index is 0.0813. The zero-order valence-corrected chi connectivity index (χ0v) is 17.5. The third-order valence-electron chi connectivity index (χ3n) is 4.72. The van der Waals surface area contributed by atoms with Crippen LogP contribution in [-0.2, 0) is 17.9 Å². The van der Waals surface area contributed by atoms with Crippen LogP contribution in [0, 0.1) is 5.82 Å². The largest absolute Gasteiger partial charge is 0.467 e. The van der Waals surface area contributed by atoms with Gasteiger partial charge in [0.2, 0.25) is 5.91 Å². The molecule has 3 amide bonds. The Morgan fingerprint density at radius 1 is 0.935 bits per heavy atom. The first-order valence-electron chi connectivity index (χ1n) is 10.2. The second-order valence-corrected chi connectivity index (χ2v) is 7.15. The summed E-state index contributed by atoms with van der Waals surface area (Å²) in [5.74, 6) is -0.0957. The molecule has 0 aliphatic heterocycles. The molecule has 0 spiro atoms. The van der Waals surface area contributed by atoms with Gasteiger partial charge in [-0.05, 0) is 36.2 Å². The average Bonchev–Trinajstić information content (AvgIpc) is 3.28. The molecule has 2 aromatic carbocycles. The summed E-state index contributed by atoms with van der Waals surface area (Å²) in [4.78, 5) is 29.0. The van der Waals surface area contributed by atoms with Crippen molar-refractivity contribution in [3.05, 3.63) is 90.1 Å². The number of hydrogen-bond donors (Lipinski definition) is 1. The van der Waals surface area contributed by atoms with Crippen LogP contribution in [0.1, 0.15) is 24.7 Å². The number of rotatable bonds is 9. The number of furan rings is 1. The van der Waals surface area contributed by atoms with Crippen LogP contribution in [0.3, 0.4) is 0 Å². The Balaban J connectivity index is 1.73. The van der Waals surface area contributed by atoms with Gasteiger partial charge in [-0.15, -0.1) is 0 Å². The summed E-state index contributed by atoms with van der Waals surface area (Å²) in [5, 5.41) is 2.56. The Labute approximate surface area is 181 Å². The summed E-state index contributed by atoms with van der Waals surface area (Å²) in [5.41, 5.74) is 1.05. The molecule has 0 radical (unpaired) electrons. The van der Waals surface area contributed by atoms with Gasteiger partial charge in [0.15, 0.2) is 0 Å². The van der Waals surface area contributed by atoms with Gasteiger partial charge in [0.25, 0.3) is 0 Å². The number of carbonyl (C=O) groups excluding carboxylic acids is 2. The lowest BCUT2D eigenvalue weighted by molar-refractivity contribution is -0.133. The van der Waals surface area contributed by atoms with Crippen LogP contribution < -0.4 is 5.32 Å². The van der Waals surface area contributed by atoms with Gasteiger partial charge in [-0.3, -0.25) is 4.79 Å². The van der Waals surface area contributed by atoms with Crippen molar-refractivity contribution >= 4 is 17.6 Å². The summed E-state index contributed by atoms with van der Waals surface area (Å²) in [6.07, 6.45) is 2.22. The van der Waals surface area contributed by atoms with Crippen molar-refractivity contribution in [3.8, 4) is 0 Å². The van der Waals surface area contributed by atoms with Crippen molar-refractivity contribution in [1.82, 2.24) is 9.80 Å². The monoisotopic (exact) mass is 423 g/mol. The molecule has 1 heterocycles. The molecule has 0 unspecified atom stereocenters. The number of benzene rings is 2. The number of urea groups is 1.